The predicted octanol–water partition coefficient (Wildman–Crippen LogP) is 7.64. The molecule has 8 heteroatoms. The molecule has 3 aromatic carbocycles. The average Bonchev–Trinajstić information content (AvgIpc) is 3.29. The van der Waals surface area contributed by atoms with Gasteiger partial charge in [-0.2, -0.15) is 0 Å². The van der Waals surface area contributed by atoms with Gasteiger partial charge in [0.05, 0.1) is 0 Å². The fourth-order valence-corrected chi connectivity index (χ4v) is 6.34. The molecule has 0 unspecified atom stereocenters. The summed E-state index contributed by atoms with van der Waals surface area (Å²) >= 11 is 0. The molecule has 0 radical (unpaired) electrons. The number of carbonyl (C=O) groups is 2. The van der Waals surface area contributed by atoms with Crippen molar-refractivity contribution in [1.82, 2.24) is 9.80 Å². The number of nitrogens with one attached hydrogen (secondary N) is 1. The Balaban J connectivity index is 1.22. The van der Waals surface area contributed by atoms with Crippen LogP contribution in [0.25, 0.3) is 11.1 Å². The third kappa shape index (κ3) is 8.16. The summed E-state index contributed by atoms with van der Waals surface area (Å²) in [6, 6.07) is 20.7. The molecule has 0 aromatic heterocycles. The van der Waals surface area contributed by atoms with E-state index in [1.807, 2.05) is 49.9 Å². The molecule has 1 saturated heterocycles. The van der Waals surface area contributed by atoms with Gasteiger partial charge in [-0.05, 0) is 73.2 Å². The van der Waals surface area contributed by atoms with Gasteiger partial charge >= 0.3 is 12.2 Å². The molecular weight excluding hydrogens is 579 g/mol. The number of piperazine rings is 1. The third-order valence-corrected chi connectivity index (χ3v) is 8.97. The summed E-state index contributed by atoms with van der Waals surface area (Å²) in [7, 11) is -1.61. The Hall–Kier alpha value is -4.06. The molecule has 1 aliphatic carbocycles. The lowest BCUT2D eigenvalue weighted by Gasteiger charge is -2.34. The lowest BCUT2D eigenvalue weighted by Crippen LogP contribution is -2.48. The summed E-state index contributed by atoms with van der Waals surface area (Å²) in [5.74, 6) is 3.44. The number of ether oxygens (including phenoxy) is 2. The normalized spacial score (nSPS) is 15.0. The molecule has 0 spiro atoms. The summed E-state index contributed by atoms with van der Waals surface area (Å²) in [6.45, 7) is 17.9. The highest BCUT2D eigenvalue weighted by atomic mass is 28.3. The number of amides is 2. The first-order valence-electron chi connectivity index (χ1n) is 15.8. The van der Waals surface area contributed by atoms with Crippen LogP contribution in [0.4, 0.5) is 15.3 Å². The standard InChI is InChI=1S/C37H45N3O4Si/c1-26-27(16-21-45(5,6)7)22-29(38-35(41)44-37(2,3)4)23-28(26)24-39-17-19-40(20-18-39)36(42)43-25-34-32-14-10-8-12-30(32)31-13-9-11-15-33(31)34/h8-15,22-23,34H,17-20,24-25H2,1-7H3,(H,38,41). The summed E-state index contributed by atoms with van der Waals surface area (Å²) in [5, 5.41) is 2.91. The van der Waals surface area contributed by atoms with Gasteiger partial charge in [0, 0.05) is 49.9 Å². The molecule has 0 atom stereocenters. The molecule has 1 fully saturated rings. The van der Waals surface area contributed by atoms with Gasteiger partial charge in [0.25, 0.3) is 0 Å². The molecule has 0 bridgehead atoms. The van der Waals surface area contributed by atoms with Crippen molar-refractivity contribution in [3.63, 3.8) is 0 Å². The number of fused-ring (bicyclic) bond motifs is 3. The fraction of sp³-hybridized carbons (Fsp3) is 0.405. The predicted molar refractivity (Wildman–Crippen MR) is 183 cm³/mol. The first-order valence-corrected chi connectivity index (χ1v) is 19.3. The van der Waals surface area contributed by atoms with Crippen LogP contribution in [-0.4, -0.2) is 68.4 Å². The van der Waals surface area contributed by atoms with Gasteiger partial charge in [0.1, 0.15) is 20.3 Å². The van der Waals surface area contributed by atoms with Gasteiger partial charge in [-0.3, -0.25) is 10.2 Å². The van der Waals surface area contributed by atoms with Crippen molar-refractivity contribution in [3.8, 4) is 22.6 Å². The highest BCUT2D eigenvalue weighted by Gasteiger charge is 2.30. The zero-order chi connectivity index (χ0) is 32.4. The Morgan fingerprint density at radius 2 is 1.53 bits per heavy atom. The van der Waals surface area contributed by atoms with Crippen molar-refractivity contribution in [1.29, 1.82) is 0 Å². The van der Waals surface area contributed by atoms with Crippen molar-refractivity contribution < 1.29 is 19.1 Å². The SMILES string of the molecule is Cc1c(C#C[Si](C)(C)C)cc(NC(=O)OC(C)(C)C)cc1CN1CCN(C(=O)OCC2c3ccccc3-c3ccccc32)CC1. The van der Waals surface area contributed by atoms with Crippen LogP contribution in [-0.2, 0) is 16.0 Å². The third-order valence-electron chi connectivity index (χ3n) is 8.09. The second-order valence-electron chi connectivity index (χ2n) is 14.0. The molecule has 1 N–H and O–H groups in total. The maximum absolute atomic E-state index is 13.2. The monoisotopic (exact) mass is 623 g/mol. The van der Waals surface area contributed by atoms with E-state index in [0.717, 1.165) is 29.8 Å². The molecule has 3 aromatic rings. The van der Waals surface area contributed by atoms with Crippen LogP contribution in [0.5, 0.6) is 0 Å². The number of hydrogen-bond donors (Lipinski definition) is 1. The molecule has 7 nitrogen and oxygen atoms in total. The minimum Gasteiger partial charge on any atom is -0.448 e. The summed E-state index contributed by atoms with van der Waals surface area (Å²) in [4.78, 5) is 29.9. The minimum atomic E-state index is -1.61. The number of benzene rings is 3. The van der Waals surface area contributed by atoms with E-state index in [0.29, 0.717) is 31.9 Å². The van der Waals surface area contributed by atoms with Crippen LogP contribution >= 0.6 is 0 Å². The number of nitrogens with zero attached hydrogens (tertiary/aromatic N) is 2. The molecule has 236 valence electrons. The fourth-order valence-electron chi connectivity index (χ4n) is 5.83. The molecule has 2 amide bonds. The lowest BCUT2D eigenvalue weighted by molar-refractivity contribution is 0.0635. The van der Waals surface area contributed by atoms with Crippen LogP contribution in [0.1, 0.15) is 54.5 Å². The van der Waals surface area contributed by atoms with E-state index in [1.54, 1.807) is 0 Å². The Morgan fingerprint density at radius 1 is 0.933 bits per heavy atom. The average molecular weight is 624 g/mol. The van der Waals surface area contributed by atoms with Crippen molar-refractivity contribution >= 4 is 25.9 Å². The van der Waals surface area contributed by atoms with Crippen LogP contribution in [0.15, 0.2) is 60.7 Å². The van der Waals surface area contributed by atoms with Gasteiger partial charge in [-0.15, -0.1) is 5.54 Å². The number of hydrogen-bond acceptors (Lipinski definition) is 5. The van der Waals surface area contributed by atoms with E-state index >= 15 is 0 Å². The summed E-state index contributed by atoms with van der Waals surface area (Å²) < 4.78 is 11.4. The lowest BCUT2D eigenvalue weighted by atomic mass is 9.98. The van der Waals surface area contributed by atoms with E-state index in [9.17, 15) is 9.59 Å². The van der Waals surface area contributed by atoms with Crippen LogP contribution < -0.4 is 5.32 Å². The Labute approximate surface area is 268 Å². The van der Waals surface area contributed by atoms with E-state index in [4.69, 9.17) is 9.47 Å². The van der Waals surface area contributed by atoms with Gasteiger partial charge in [-0.1, -0.05) is 74.1 Å². The van der Waals surface area contributed by atoms with Gasteiger partial charge in [0.15, 0.2) is 0 Å². The van der Waals surface area contributed by atoms with Crippen LogP contribution in [0.2, 0.25) is 19.6 Å². The van der Waals surface area contributed by atoms with E-state index in [-0.39, 0.29) is 12.0 Å². The second kappa shape index (κ2) is 13.1. The van der Waals surface area contributed by atoms with E-state index < -0.39 is 19.8 Å². The van der Waals surface area contributed by atoms with Crippen LogP contribution in [0, 0.1) is 18.4 Å². The number of anilines is 1. The Bertz CT molecular complexity index is 1590. The first kappa shape index (κ1) is 32.3. The molecule has 5 rings (SSSR count). The largest absolute Gasteiger partial charge is 0.448 e. The van der Waals surface area contributed by atoms with Crippen molar-refractivity contribution in [3.05, 3.63) is 88.5 Å². The van der Waals surface area contributed by atoms with E-state index in [2.05, 4.69) is 84.6 Å². The second-order valence-corrected chi connectivity index (χ2v) is 18.8. The first-order chi connectivity index (χ1) is 21.3. The Morgan fingerprint density at radius 3 is 2.11 bits per heavy atom. The molecule has 45 heavy (non-hydrogen) atoms. The topological polar surface area (TPSA) is 71.1 Å². The van der Waals surface area contributed by atoms with Gasteiger partial charge < -0.3 is 14.4 Å². The maximum Gasteiger partial charge on any atom is 0.412 e. The molecular formula is C37H45N3O4Si. The number of rotatable bonds is 5. The zero-order valence-corrected chi connectivity index (χ0v) is 28.6. The van der Waals surface area contributed by atoms with Crippen molar-refractivity contribution in [2.45, 2.75) is 65.4 Å². The van der Waals surface area contributed by atoms with Gasteiger partial charge in [-0.25, -0.2) is 9.59 Å². The van der Waals surface area contributed by atoms with Crippen molar-refractivity contribution in [2.75, 3.05) is 38.1 Å². The van der Waals surface area contributed by atoms with Gasteiger partial charge in [0.2, 0.25) is 0 Å². The molecule has 1 heterocycles. The zero-order valence-electron chi connectivity index (χ0n) is 27.6. The smallest absolute Gasteiger partial charge is 0.412 e. The quantitative estimate of drug-likeness (QED) is 0.234. The maximum atomic E-state index is 13.2. The highest BCUT2D eigenvalue weighted by Crippen LogP contribution is 2.44. The summed E-state index contributed by atoms with van der Waals surface area (Å²) in [5.41, 5.74) is 11.5. The molecule has 1 aliphatic heterocycles. The Kier molecular flexibility index (Phi) is 9.43. The van der Waals surface area contributed by atoms with E-state index in [1.165, 1.54) is 22.3 Å². The summed E-state index contributed by atoms with van der Waals surface area (Å²) in [6.07, 6.45) is -0.752. The molecule has 0 saturated carbocycles. The van der Waals surface area contributed by atoms with Crippen molar-refractivity contribution in [2.24, 2.45) is 0 Å². The van der Waals surface area contributed by atoms with Crippen LogP contribution in [0.3, 0.4) is 0 Å². The molecule has 2 aliphatic rings. The highest BCUT2D eigenvalue weighted by molar-refractivity contribution is 6.83. The minimum absolute atomic E-state index is 0.0467. The number of carbonyl (C=O) groups excluding carboxylic acids is 2.